The lowest BCUT2D eigenvalue weighted by atomic mass is 10.1. The van der Waals surface area contributed by atoms with Crippen LogP contribution in [0.1, 0.15) is 33.3 Å². The third kappa shape index (κ3) is 6.71. The van der Waals surface area contributed by atoms with E-state index in [4.69, 9.17) is 11.2 Å². The molecule has 4 nitrogen and oxygen atoms in total. The summed E-state index contributed by atoms with van der Waals surface area (Å²) >= 11 is 0. The number of terminal acetylenes is 1. The van der Waals surface area contributed by atoms with Crippen LogP contribution < -0.4 is 15.4 Å². The summed E-state index contributed by atoms with van der Waals surface area (Å²) in [6, 6.07) is 7.95. The lowest BCUT2D eigenvalue weighted by molar-refractivity contribution is 0.129. The van der Waals surface area contributed by atoms with E-state index in [1.54, 1.807) is 0 Å². The van der Waals surface area contributed by atoms with Crippen molar-refractivity contribution in [3.8, 4) is 18.1 Å². The molecule has 0 aliphatic rings. The number of rotatable bonds is 5. The summed E-state index contributed by atoms with van der Waals surface area (Å²) in [7, 11) is 0. The molecule has 0 saturated carbocycles. The van der Waals surface area contributed by atoms with Gasteiger partial charge in [-0.2, -0.15) is 0 Å². The average molecular weight is 287 g/mol. The highest BCUT2D eigenvalue weighted by Gasteiger charge is 2.14. The van der Waals surface area contributed by atoms with Crippen LogP contribution >= 0.6 is 0 Å². The molecule has 0 spiro atoms. The highest BCUT2D eigenvalue weighted by molar-refractivity contribution is 5.80. The van der Waals surface area contributed by atoms with E-state index in [0.29, 0.717) is 19.0 Å². The second kappa shape index (κ2) is 8.21. The Labute approximate surface area is 128 Å². The number of aliphatic imine (C=N–C) groups is 1. The van der Waals surface area contributed by atoms with Crippen molar-refractivity contribution in [2.24, 2.45) is 4.99 Å². The standard InChI is InChI=1S/C17H25N3O/c1-6-12-19-16(18-7-2)20-13-14-10-8-9-11-15(14)21-17(3,4)5/h1,8-11H,7,12-13H2,2-5H3,(H2,18,19,20). The summed E-state index contributed by atoms with van der Waals surface area (Å²) in [5.74, 6) is 4.11. The first-order valence-electron chi connectivity index (χ1n) is 7.19. The summed E-state index contributed by atoms with van der Waals surface area (Å²) in [4.78, 5) is 4.53. The fourth-order valence-corrected chi connectivity index (χ4v) is 1.70. The molecule has 0 saturated heterocycles. The second-order valence-electron chi connectivity index (χ2n) is 5.57. The topological polar surface area (TPSA) is 45.7 Å². The maximum atomic E-state index is 5.96. The number of nitrogens with zero attached hydrogens (tertiary/aromatic N) is 1. The van der Waals surface area contributed by atoms with E-state index in [1.165, 1.54) is 0 Å². The quantitative estimate of drug-likeness (QED) is 0.497. The second-order valence-corrected chi connectivity index (χ2v) is 5.57. The molecule has 0 aliphatic carbocycles. The minimum Gasteiger partial charge on any atom is -0.488 e. The number of guanidine groups is 1. The first kappa shape index (κ1) is 16.9. The molecule has 0 radical (unpaired) electrons. The van der Waals surface area contributed by atoms with Gasteiger partial charge in [-0.25, -0.2) is 4.99 Å². The Balaban J connectivity index is 2.83. The molecule has 1 aromatic rings. The van der Waals surface area contributed by atoms with Crippen molar-refractivity contribution in [3.05, 3.63) is 29.8 Å². The smallest absolute Gasteiger partial charge is 0.192 e. The lowest BCUT2D eigenvalue weighted by Gasteiger charge is -2.23. The van der Waals surface area contributed by atoms with E-state index in [9.17, 15) is 0 Å². The van der Waals surface area contributed by atoms with Gasteiger partial charge in [0.05, 0.1) is 13.1 Å². The van der Waals surface area contributed by atoms with E-state index in [1.807, 2.05) is 52.0 Å². The predicted molar refractivity (Wildman–Crippen MR) is 88.5 cm³/mol. The highest BCUT2D eigenvalue weighted by atomic mass is 16.5. The fourth-order valence-electron chi connectivity index (χ4n) is 1.70. The molecule has 114 valence electrons. The molecule has 0 aliphatic heterocycles. The fraction of sp³-hybridized carbons (Fsp3) is 0.471. The van der Waals surface area contributed by atoms with Crippen LogP contribution in [0.3, 0.4) is 0 Å². The average Bonchev–Trinajstić information content (AvgIpc) is 2.41. The van der Waals surface area contributed by atoms with Gasteiger partial charge in [0.25, 0.3) is 0 Å². The van der Waals surface area contributed by atoms with Crippen LogP contribution in [0.15, 0.2) is 29.3 Å². The van der Waals surface area contributed by atoms with E-state index >= 15 is 0 Å². The molecule has 0 heterocycles. The lowest BCUT2D eigenvalue weighted by Crippen LogP contribution is -2.37. The minimum absolute atomic E-state index is 0.230. The molecule has 0 amide bonds. The number of ether oxygens (including phenoxy) is 1. The molecule has 0 aromatic heterocycles. The molecule has 2 N–H and O–H groups in total. The molecule has 0 unspecified atom stereocenters. The van der Waals surface area contributed by atoms with Gasteiger partial charge in [-0.15, -0.1) is 6.42 Å². The van der Waals surface area contributed by atoms with E-state index in [2.05, 4.69) is 21.5 Å². The monoisotopic (exact) mass is 287 g/mol. The van der Waals surface area contributed by atoms with Gasteiger partial charge >= 0.3 is 0 Å². The highest BCUT2D eigenvalue weighted by Crippen LogP contribution is 2.23. The zero-order chi connectivity index (χ0) is 15.7. The van der Waals surface area contributed by atoms with Gasteiger partial charge in [-0.1, -0.05) is 24.1 Å². The summed E-state index contributed by atoms with van der Waals surface area (Å²) in [5.41, 5.74) is 0.816. The molecule has 1 aromatic carbocycles. The molecule has 21 heavy (non-hydrogen) atoms. The third-order valence-electron chi connectivity index (χ3n) is 2.50. The number of hydrogen-bond acceptors (Lipinski definition) is 2. The molecule has 0 fully saturated rings. The Bertz CT molecular complexity index is 510. The van der Waals surface area contributed by atoms with Gasteiger partial charge in [0.15, 0.2) is 5.96 Å². The predicted octanol–water partition coefficient (Wildman–Crippen LogP) is 2.55. The Morgan fingerprint density at radius 3 is 2.62 bits per heavy atom. The van der Waals surface area contributed by atoms with Crippen LogP contribution in [0.2, 0.25) is 0 Å². The minimum atomic E-state index is -0.230. The zero-order valence-corrected chi connectivity index (χ0v) is 13.4. The molecular weight excluding hydrogens is 262 g/mol. The molecular formula is C17H25N3O. The van der Waals surface area contributed by atoms with E-state index < -0.39 is 0 Å². The number of hydrogen-bond donors (Lipinski definition) is 2. The Morgan fingerprint density at radius 1 is 1.29 bits per heavy atom. The Hall–Kier alpha value is -2.15. The van der Waals surface area contributed by atoms with Crippen LogP contribution in [-0.4, -0.2) is 24.7 Å². The van der Waals surface area contributed by atoms with Crippen molar-refractivity contribution in [1.29, 1.82) is 0 Å². The van der Waals surface area contributed by atoms with Crippen molar-refractivity contribution in [2.75, 3.05) is 13.1 Å². The first-order chi connectivity index (χ1) is 9.96. The van der Waals surface area contributed by atoms with Crippen molar-refractivity contribution < 1.29 is 4.74 Å². The molecule has 0 atom stereocenters. The third-order valence-corrected chi connectivity index (χ3v) is 2.50. The van der Waals surface area contributed by atoms with Crippen LogP contribution in [0.4, 0.5) is 0 Å². The van der Waals surface area contributed by atoms with Gasteiger partial charge in [-0.05, 0) is 33.8 Å². The number of benzene rings is 1. The SMILES string of the molecule is C#CCNC(=NCc1ccccc1OC(C)(C)C)NCC. The van der Waals surface area contributed by atoms with Crippen molar-refractivity contribution in [1.82, 2.24) is 10.6 Å². The molecule has 0 bridgehead atoms. The number of para-hydroxylation sites is 1. The van der Waals surface area contributed by atoms with Gasteiger partial charge in [0, 0.05) is 12.1 Å². The van der Waals surface area contributed by atoms with Gasteiger partial charge in [-0.3, -0.25) is 0 Å². The van der Waals surface area contributed by atoms with Crippen molar-refractivity contribution in [2.45, 2.75) is 39.8 Å². The van der Waals surface area contributed by atoms with Crippen LogP contribution in [0.25, 0.3) is 0 Å². The maximum absolute atomic E-state index is 5.96. The Kier molecular flexibility index (Phi) is 6.61. The van der Waals surface area contributed by atoms with E-state index in [-0.39, 0.29) is 5.60 Å². The number of nitrogens with one attached hydrogen (secondary N) is 2. The van der Waals surface area contributed by atoms with Crippen LogP contribution in [0.5, 0.6) is 5.75 Å². The van der Waals surface area contributed by atoms with Crippen molar-refractivity contribution in [3.63, 3.8) is 0 Å². The van der Waals surface area contributed by atoms with Crippen molar-refractivity contribution >= 4 is 5.96 Å². The molecule has 1 rings (SSSR count). The summed E-state index contributed by atoms with van der Waals surface area (Å²) in [5, 5.41) is 6.23. The van der Waals surface area contributed by atoms with Gasteiger partial charge in [0.1, 0.15) is 11.4 Å². The summed E-state index contributed by atoms with van der Waals surface area (Å²) in [6.07, 6.45) is 5.26. The summed E-state index contributed by atoms with van der Waals surface area (Å²) < 4.78 is 5.96. The van der Waals surface area contributed by atoms with Gasteiger partial charge in [0.2, 0.25) is 0 Å². The van der Waals surface area contributed by atoms with Crippen LogP contribution in [0, 0.1) is 12.3 Å². The normalized spacial score (nSPS) is 11.7. The molecule has 4 heteroatoms. The zero-order valence-electron chi connectivity index (χ0n) is 13.4. The largest absolute Gasteiger partial charge is 0.488 e. The van der Waals surface area contributed by atoms with Crippen LogP contribution in [-0.2, 0) is 6.54 Å². The maximum Gasteiger partial charge on any atom is 0.192 e. The van der Waals surface area contributed by atoms with Gasteiger partial charge < -0.3 is 15.4 Å². The van der Waals surface area contributed by atoms with E-state index in [0.717, 1.165) is 17.9 Å². The summed E-state index contributed by atoms with van der Waals surface area (Å²) in [6.45, 7) is 9.89. The first-order valence-corrected chi connectivity index (χ1v) is 7.19. The Morgan fingerprint density at radius 2 is 2.00 bits per heavy atom.